The molecule has 0 aliphatic carbocycles. The van der Waals surface area contributed by atoms with Crippen LogP contribution in [0.2, 0.25) is 0 Å². The summed E-state index contributed by atoms with van der Waals surface area (Å²) in [5.74, 6) is -1.54. The molecule has 0 saturated carbocycles. The molecular weight excluding hydrogens is 505 g/mol. The van der Waals surface area contributed by atoms with Gasteiger partial charge in [0.2, 0.25) is 0 Å². The Bertz CT molecular complexity index is 1340. The van der Waals surface area contributed by atoms with Gasteiger partial charge in [-0.2, -0.15) is 13.2 Å². The number of alkyl halides is 3. The summed E-state index contributed by atoms with van der Waals surface area (Å²) in [5.41, 5.74) is 3.45. The minimum absolute atomic E-state index is 0.00828. The molecule has 38 heavy (non-hydrogen) atoms. The monoisotopic (exact) mass is 532 g/mol. The summed E-state index contributed by atoms with van der Waals surface area (Å²) in [4.78, 5) is 35.6. The lowest BCUT2D eigenvalue weighted by molar-refractivity contribution is -0.192. The molecule has 9 nitrogen and oxygen atoms in total. The largest absolute Gasteiger partial charge is 0.497 e. The number of rotatable bonds is 4. The van der Waals surface area contributed by atoms with Crippen LogP contribution < -0.4 is 14.4 Å². The average Bonchev–Trinajstić information content (AvgIpc) is 2.91. The van der Waals surface area contributed by atoms with E-state index >= 15 is 0 Å². The normalized spacial score (nSPS) is 18.9. The number of ether oxygens (including phenoxy) is 2. The lowest BCUT2D eigenvalue weighted by Gasteiger charge is -2.58. The number of aliphatic carboxylic acids is 1. The first-order chi connectivity index (χ1) is 18.1. The Morgan fingerprint density at radius 2 is 1.68 bits per heavy atom. The molecule has 12 heteroatoms. The number of methoxy groups -OCH3 is 2. The van der Waals surface area contributed by atoms with E-state index in [2.05, 4.69) is 27.0 Å². The molecule has 2 aromatic carbocycles. The fourth-order valence-corrected chi connectivity index (χ4v) is 4.92. The summed E-state index contributed by atoms with van der Waals surface area (Å²) in [6, 6.07) is 11.6. The van der Waals surface area contributed by atoms with Gasteiger partial charge in [0.15, 0.2) is 0 Å². The quantitative estimate of drug-likeness (QED) is 0.534. The highest BCUT2D eigenvalue weighted by atomic mass is 19.4. The van der Waals surface area contributed by atoms with Crippen LogP contribution in [0.5, 0.6) is 11.5 Å². The Balaban J connectivity index is 0.000000426. The molecule has 1 N–H and O–H groups in total. The molecule has 1 atom stereocenters. The van der Waals surface area contributed by atoms with E-state index in [9.17, 15) is 18.0 Å². The standard InChI is InChI=1S/C24H26N4O3.C2HF3O2/c1-30-18-5-7-22(31-2)19(15-18)23(29)27-12-3-8-24(16-27)9-13-28(24)17-4-6-20-21(14-17)26-11-10-25-20;3-2(4,5)1(6)7/h4-7,10-11,14-15H,3,8-9,12-13,16H2,1-2H3;(H,6,7). The van der Waals surface area contributed by atoms with Gasteiger partial charge in [0.1, 0.15) is 11.5 Å². The predicted octanol–water partition coefficient (Wildman–Crippen LogP) is 4.17. The summed E-state index contributed by atoms with van der Waals surface area (Å²) >= 11 is 0. The van der Waals surface area contributed by atoms with Crippen LogP contribution in [0, 0.1) is 0 Å². The number of aromatic nitrogens is 2. The number of amides is 1. The van der Waals surface area contributed by atoms with Gasteiger partial charge in [-0.05, 0) is 55.7 Å². The van der Waals surface area contributed by atoms with E-state index in [1.54, 1.807) is 38.7 Å². The van der Waals surface area contributed by atoms with Crippen LogP contribution in [0.25, 0.3) is 11.0 Å². The maximum Gasteiger partial charge on any atom is 0.490 e. The average molecular weight is 533 g/mol. The number of fused-ring (bicyclic) bond motifs is 1. The molecular formula is C26H27F3N4O5. The smallest absolute Gasteiger partial charge is 0.490 e. The second-order valence-electron chi connectivity index (χ2n) is 9.05. The Kier molecular flexibility index (Phi) is 7.61. The van der Waals surface area contributed by atoms with Crippen LogP contribution in [-0.4, -0.2) is 77.4 Å². The van der Waals surface area contributed by atoms with Crippen molar-refractivity contribution in [3.8, 4) is 11.5 Å². The van der Waals surface area contributed by atoms with Gasteiger partial charge >= 0.3 is 12.1 Å². The minimum atomic E-state index is -5.08. The zero-order valence-corrected chi connectivity index (χ0v) is 20.9. The molecule has 2 saturated heterocycles. The summed E-state index contributed by atoms with van der Waals surface area (Å²) in [7, 11) is 3.19. The molecule has 2 aliphatic rings. The van der Waals surface area contributed by atoms with E-state index in [4.69, 9.17) is 19.4 Å². The van der Waals surface area contributed by atoms with Crippen LogP contribution in [-0.2, 0) is 4.79 Å². The molecule has 1 aromatic heterocycles. The van der Waals surface area contributed by atoms with Gasteiger partial charge in [-0.3, -0.25) is 14.8 Å². The first-order valence-electron chi connectivity index (χ1n) is 11.9. The zero-order valence-electron chi connectivity index (χ0n) is 20.9. The number of benzene rings is 2. The second kappa shape index (κ2) is 10.7. The molecule has 3 heterocycles. The number of carbonyl (C=O) groups excluding carboxylic acids is 1. The van der Waals surface area contributed by atoms with Crippen LogP contribution in [0.3, 0.4) is 0 Å². The van der Waals surface area contributed by atoms with Gasteiger partial charge in [-0.1, -0.05) is 0 Å². The lowest BCUT2D eigenvalue weighted by atomic mass is 9.77. The van der Waals surface area contributed by atoms with E-state index in [1.807, 2.05) is 17.0 Å². The van der Waals surface area contributed by atoms with Gasteiger partial charge < -0.3 is 24.4 Å². The van der Waals surface area contributed by atoms with Gasteiger partial charge in [0.25, 0.3) is 5.91 Å². The van der Waals surface area contributed by atoms with Gasteiger partial charge in [0.05, 0.1) is 36.4 Å². The highest BCUT2D eigenvalue weighted by Gasteiger charge is 2.48. The maximum absolute atomic E-state index is 13.4. The van der Waals surface area contributed by atoms with Crippen molar-refractivity contribution in [3.63, 3.8) is 0 Å². The number of piperidine rings is 1. The first-order valence-corrected chi connectivity index (χ1v) is 11.9. The molecule has 0 bridgehead atoms. The molecule has 5 rings (SSSR count). The summed E-state index contributed by atoms with van der Waals surface area (Å²) in [5, 5.41) is 7.12. The van der Waals surface area contributed by atoms with Crippen molar-refractivity contribution in [2.45, 2.75) is 31.0 Å². The zero-order chi connectivity index (χ0) is 27.5. The van der Waals surface area contributed by atoms with E-state index < -0.39 is 12.1 Å². The summed E-state index contributed by atoms with van der Waals surface area (Å²) in [6.07, 6.45) is 1.47. The van der Waals surface area contributed by atoms with Crippen LogP contribution in [0.1, 0.15) is 29.6 Å². The van der Waals surface area contributed by atoms with E-state index in [-0.39, 0.29) is 11.4 Å². The van der Waals surface area contributed by atoms with E-state index in [1.165, 1.54) is 0 Å². The lowest BCUT2D eigenvalue weighted by Crippen LogP contribution is -2.68. The van der Waals surface area contributed by atoms with Gasteiger partial charge in [-0.25, -0.2) is 4.79 Å². The Morgan fingerprint density at radius 3 is 2.29 bits per heavy atom. The molecule has 202 valence electrons. The van der Waals surface area contributed by atoms with Crippen molar-refractivity contribution >= 4 is 28.6 Å². The molecule has 3 aromatic rings. The number of carboxylic acid groups (broad SMARTS) is 1. The molecule has 1 unspecified atom stereocenters. The first kappa shape index (κ1) is 27.0. The number of hydrogen-bond donors (Lipinski definition) is 1. The molecule has 1 amide bonds. The van der Waals surface area contributed by atoms with Crippen molar-refractivity contribution in [3.05, 3.63) is 54.4 Å². The summed E-state index contributed by atoms with van der Waals surface area (Å²) < 4.78 is 42.5. The number of likely N-dealkylation sites (tertiary alicyclic amines) is 1. The number of nitrogens with zero attached hydrogens (tertiary/aromatic N) is 4. The number of hydrogen-bond acceptors (Lipinski definition) is 7. The third-order valence-corrected chi connectivity index (χ3v) is 6.86. The molecule has 2 fully saturated rings. The fourth-order valence-electron chi connectivity index (χ4n) is 4.92. The maximum atomic E-state index is 13.4. The topological polar surface area (TPSA) is 105 Å². The predicted molar refractivity (Wildman–Crippen MR) is 133 cm³/mol. The highest BCUT2D eigenvalue weighted by molar-refractivity contribution is 5.97. The van der Waals surface area contributed by atoms with Gasteiger partial charge in [-0.15, -0.1) is 0 Å². The number of anilines is 1. The third kappa shape index (κ3) is 5.43. The van der Waals surface area contributed by atoms with Crippen molar-refractivity contribution < 1.29 is 37.3 Å². The third-order valence-electron chi connectivity index (χ3n) is 6.86. The Hall–Kier alpha value is -4.09. The second-order valence-corrected chi connectivity index (χ2v) is 9.05. The summed E-state index contributed by atoms with van der Waals surface area (Å²) in [6.45, 7) is 2.43. The molecule has 0 radical (unpaired) electrons. The van der Waals surface area contributed by atoms with Crippen molar-refractivity contribution in [2.24, 2.45) is 0 Å². The number of carbonyl (C=O) groups is 2. The number of carboxylic acids is 1. The number of halogens is 3. The van der Waals surface area contributed by atoms with Crippen molar-refractivity contribution in [1.29, 1.82) is 0 Å². The Morgan fingerprint density at radius 1 is 0.974 bits per heavy atom. The minimum Gasteiger partial charge on any atom is -0.497 e. The van der Waals surface area contributed by atoms with Crippen LogP contribution >= 0.6 is 0 Å². The Labute approximate surface area is 216 Å². The van der Waals surface area contributed by atoms with Crippen molar-refractivity contribution in [1.82, 2.24) is 14.9 Å². The molecule has 1 spiro atoms. The fraction of sp³-hybridized carbons (Fsp3) is 0.385. The van der Waals surface area contributed by atoms with Crippen LogP contribution in [0.4, 0.5) is 18.9 Å². The highest BCUT2D eigenvalue weighted by Crippen LogP contribution is 2.43. The van der Waals surface area contributed by atoms with E-state index in [0.29, 0.717) is 23.6 Å². The van der Waals surface area contributed by atoms with Crippen LogP contribution in [0.15, 0.2) is 48.8 Å². The van der Waals surface area contributed by atoms with Gasteiger partial charge in [0, 0.05) is 37.7 Å². The SMILES string of the molecule is COc1ccc(OC)c(C(=O)N2CCCC3(CCN3c3ccc4nccnc4c3)C2)c1.O=C(O)C(F)(F)F. The van der Waals surface area contributed by atoms with E-state index in [0.717, 1.165) is 49.1 Å². The molecule has 2 aliphatic heterocycles. The van der Waals surface area contributed by atoms with Crippen molar-refractivity contribution in [2.75, 3.05) is 38.8 Å².